The van der Waals surface area contributed by atoms with Crippen molar-refractivity contribution in [1.82, 2.24) is 15.5 Å². The van der Waals surface area contributed by atoms with Crippen LogP contribution in [0.25, 0.3) is 11.5 Å². The molecule has 3 rings (SSSR count). The monoisotopic (exact) mass is 297 g/mol. The zero-order valence-corrected chi connectivity index (χ0v) is 11.2. The maximum absolute atomic E-state index is 13.0. The first-order valence-corrected chi connectivity index (χ1v) is 6.76. The molecule has 0 spiro atoms. The number of rotatable bonds is 2. The van der Waals surface area contributed by atoms with E-state index in [0.29, 0.717) is 5.82 Å². The van der Waals surface area contributed by atoms with Gasteiger partial charge in [-0.3, -0.25) is 0 Å². The molecule has 0 bridgehead atoms. The number of piperidine rings is 1. The molecule has 1 saturated heterocycles. The van der Waals surface area contributed by atoms with Crippen LogP contribution in [0.5, 0.6) is 0 Å². The van der Waals surface area contributed by atoms with Gasteiger partial charge in [-0.25, -0.2) is 0 Å². The van der Waals surface area contributed by atoms with Gasteiger partial charge in [0.05, 0.1) is 11.1 Å². The van der Waals surface area contributed by atoms with Gasteiger partial charge in [0.1, 0.15) is 0 Å². The average molecular weight is 297 g/mol. The predicted molar refractivity (Wildman–Crippen MR) is 69.6 cm³/mol. The van der Waals surface area contributed by atoms with Gasteiger partial charge in [-0.05, 0) is 38.1 Å². The number of hydrogen-bond acceptors (Lipinski definition) is 4. The third kappa shape index (κ3) is 2.92. The Morgan fingerprint density at radius 1 is 1.14 bits per heavy atom. The summed E-state index contributed by atoms with van der Waals surface area (Å²) in [6, 6.07) is 5.24. The molecule has 112 valence electrons. The summed E-state index contributed by atoms with van der Waals surface area (Å²) < 4.78 is 44.1. The molecule has 1 aliphatic heterocycles. The van der Waals surface area contributed by atoms with E-state index in [1.54, 1.807) is 0 Å². The summed E-state index contributed by atoms with van der Waals surface area (Å²) in [6.45, 7) is 1.71. The van der Waals surface area contributed by atoms with Crippen LogP contribution in [-0.2, 0) is 6.18 Å². The molecule has 1 aromatic carbocycles. The second-order valence-corrected chi connectivity index (χ2v) is 5.03. The molecule has 0 amide bonds. The van der Waals surface area contributed by atoms with E-state index in [-0.39, 0.29) is 17.4 Å². The number of halogens is 3. The average Bonchev–Trinajstić information content (AvgIpc) is 2.97. The van der Waals surface area contributed by atoms with Crippen LogP contribution in [0.15, 0.2) is 28.8 Å². The molecular formula is C14H14F3N3O. The first kappa shape index (κ1) is 14.1. The van der Waals surface area contributed by atoms with Crippen LogP contribution in [0, 0.1) is 0 Å². The SMILES string of the molecule is FC(F)(F)c1ccccc1-c1nc(C2CCNCC2)no1. The molecule has 0 aliphatic carbocycles. The van der Waals surface area contributed by atoms with Gasteiger partial charge < -0.3 is 9.84 Å². The van der Waals surface area contributed by atoms with Crippen molar-refractivity contribution in [2.45, 2.75) is 24.9 Å². The van der Waals surface area contributed by atoms with Crippen molar-refractivity contribution >= 4 is 0 Å². The number of aromatic nitrogens is 2. The van der Waals surface area contributed by atoms with E-state index in [1.165, 1.54) is 18.2 Å². The second-order valence-electron chi connectivity index (χ2n) is 5.03. The van der Waals surface area contributed by atoms with Crippen LogP contribution in [0.1, 0.15) is 30.1 Å². The maximum Gasteiger partial charge on any atom is 0.417 e. The Labute approximate surface area is 119 Å². The lowest BCUT2D eigenvalue weighted by Crippen LogP contribution is -2.27. The Balaban J connectivity index is 1.93. The van der Waals surface area contributed by atoms with Gasteiger partial charge >= 0.3 is 6.18 Å². The highest BCUT2D eigenvalue weighted by molar-refractivity contribution is 5.59. The molecule has 7 heteroatoms. The van der Waals surface area contributed by atoms with E-state index in [0.717, 1.165) is 32.0 Å². The summed E-state index contributed by atoms with van der Waals surface area (Å²) in [5.41, 5.74) is -0.830. The molecule has 0 saturated carbocycles. The maximum atomic E-state index is 13.0. The van der Waals surface area contributed by atoms with Crippen molar-refractivity contribution in [2.75, 3.05) is 13.1 Å². The van der Waals surface area contributed by atoms with E-state index in [4.69, 9.17) is 4.52 Å². The highest BCUT2D eigenvalue weighted by Gasteiger charge is 2.35. The van der Waals surface area contributed by atoms with Crippen LogP contribution in [0.2, 0.25) is 0 Å². The zero-order chi connectivity index (χ0) is 14.9. The fraction of sp³-hybridized carbons (Fsp3) is 0.429. The molecule has 0 atom stereocenters. The third-order valence-electron chi connectivity index (χ3n) is 3.61. The predicted octanol–water partition coefficient (Wildman–Crippen LogP) is 3.22. The Morgan fingerprint density at radius 3 is 2.57 bits per heavy atom. The van der Waals surface area contributed by atoms with E-state index in [9.17, 15) is 13.2 Å². The van der Waals surface area contributed by atoms with Crippen molar-refractivity contribution in [2.24, 2.45) is 0 Å². The van der Waals surface area contributed by atoms with E-state index in [1.807, 2.05) is 0 Å². The van der Waals surface area contributed by atoms with Gasteiger partial charge in [-0.1, -0.05) is 17.3 Å². The van der Waals surface area contributed by atoms with Gasteiger partial charge in [-0.15, -0.1) is 0 Å². The minimum atomic E-state index is -4.44. The molecule has 21 heavy (non-hydrogen) atoms. The quantitative estimate of drug-likeness (QED) is 0.924. The first-order valence-electron chi connectivity index (χ1n) is 6.76. The van der Waals surface area contributed by atoms with Crippen LogP contribution < -0.4 is 5.32 Å². The number of benzene rings is 1. The van der Waals surface area contributed by atoms with Crippen LogP contribution >= 0.6 is 0 Å². The largest absolute Gasteiger partial charge is 0.417 e. The van der Waals surface area contributed by atoms with Crippen LogP contribution in [0.4, 0.5) is 13.2 Å². The fourth-order valence-corrected chi connectivity index (χ4v) is 2.51. The number of nitrogens with zero attached hydrogens (tertiary/aromatic N) is 2. The molecule has 2 aromatic rings. The van der Waals surface area contributed by atoms with E-state index < -0.39 is 11.7 Å². The van der Waals surface area contributed by atoms with Gasteiger partial charge in [0, 0.05) is 5.92 Å². The van der Waals surface area contributed by atoms with Crippen molar-refractivity contribution in [3.8, 4) is 11.5 Å². The van der Waals surface area contributed by atoms with Gasteiger partial charge in [-0.2, -0.15) is 18.2 Å². The number of alkyl halides is 3. The highest BCUT2D eigenvalue weighted by atomic mass is 19.4. The lowest BCUT2D eigenvalue weighted by Gasteiger charge is -2.19. The molecule has 1 fully saturated rings. The second kappa shape index (κ2) is 5.48. The Morgan fingerprint density at radius 2 is 1.86 bits per heavy atom. The summed E-state index contributed by atoms with van der Waals surface area (Å²) in [5.74, 6) is 0.557. The summed E-state index contributed by atoms with van der Waals surface area (Å²) >= 11 is 0. The highest BCUT2D eigenvalue weighted by Crippen LogP contribution is 2.36. The molecular weight excluding hydrogens is 283 g/mol. The third-order valence-corrected chi connectivity index (χ3v) is 3.61. The van der Waals surface area contributed by atoms with Gasteiger partial charge in [0.25, 0.3) is 5.89 Å². The lowest BCUT2D eigenvalue weighted by molar-refractivity contribution is -0.137. The Kier molecular flexibility index (Phi) is 3.67. The van der Waals surface area contributed by atoms with Crippen molar-refractivity contribution < 1.29 is 17.7 Å². The molecule has 0 unspecified atom stereocenters. The first-order chi connectivity index (χ1) is 10.1. The van der Waals surface area contributed by atoms with Crippen LogP contribution in [0.3, 0.4) is 0 Å². The van der Waals surface area contributed by atoms with Gasteiger partial charge in [0.15, 0.2) is 5.82 Å². The molecule has 4 nitrogen and oxygen atoms in total. The number of hydrogen-bond donors (Lipinski definition) is 1. The normalized spacial score (nSPS) is 17.1. The topological polar surface area (TPSA) is 51.0 Å². The summed E-state index contributed by atoms with van der Waals surface area (Å²) in [5, 5.41) is 7.08. The van der Waals surface area contributed by atoms with E-state index >= 15 is 0 Å². The molecule has 1 aliphatic rings. The zero-order valence-electron chi connectivity index (χ0n) is 11.2. The van der Waals surface area contributed by atoms with Crippen molar-refractivity contribution in [3.05, 3.63) is 35.7 Å². The Bertz CT molecular complexity index is 618. The lowest BCUT2D eigenvalue weighted by atomic mass is 9.97. The fourth-order valence-electron chi connectivity index (χ4n) is 2.51. The minimum absolute atomic E-state index is 0.0716. The molecule has 1 N–H and O–H groups in total. The molecule has 2 heterocycles. The Hall–Kier alpha value is -1.89. The van der Waals surface area contributed by atoms with Crippen molar-refractivity contribution in [3.63, 3.8) is 0 Å². The van der Waals surface area contributed by atoms with Crippen molar-refractivity contribution in [1.29, 1.82) is 0 Å². The minimum Gasteiger partial charge on any atom is -0.334 e. The molecule has 1 aromatic heterocycles. The molecule has 0 radical (unpaired) electrons. The van der Waals surface area contributed by atoms with Gasteiger partial charge in [0.2, 0.25) is 0 Å². The summed E-state index contributed by atoms with van der Waals surface area (Å²) in [4.78, 5) is 4.17. The summed E-state index contributed by atoms with van der Waals surface area (Å²) in [7, 11) is 0. The van der Waals surface area contributed by atoms with Crippen LogP contribution in [-0.4, -0.2) is 23.2 Å². The number of nitrogens with one attached hydrogen (secondary N) is 1. The smallest absolute Gasteiger partial charge is 0.334 e. The van der Waals surface area contributed by atoms with E-state index in [2.05, 4.69) is 15.5 Å². The summed E-state index contributed by atoms with van der Waals surface area (Å²) in [6.07, 6.45) is -2.72. The standard InChI is InChI=1S/C14H14F3N3O/c15-14(16,17)11-4-2-1-3-10(11)13-19-12(20-21-13)9-5-7-18-8-6-9/h1-4,9,18H,5-8H2.